The van der Waals surface area contributed by atoms with Gasteiger partial charge in [0.05, 0.1) is 12.8 Å². The molecule has 0 atom stereocenters. The smallest absolute Gasteiger partial charge is 0.305 e. The van der Waals surface area contributed by atoms with Gasteiger partial charge in [-0.1, -0.05) is 15.9 Å². The summed E-state index contributed by atoms with van der Waals surface area (Å²) in [6, 6.07) is 3.14. The van der Waals surface area contributed by atoms with Crippen LogP contribution < -0.4 is 5.73 Å². The van der Waals surface area contributed by atoms with Crippen LogP contribution in [-0.2, 0) is 19.6 Å². The molecule has 0 aromatic heterocycles. The van der Waals surface area contributed by atoms with Crippen molar-refractivity contribution in [3.05, 3.63) is 21.1 Å². The van der Waals surface area contributed by atoms with Gasteiger partial charge in [0.15, 0.2) is 0 Å². The molecule has 0 unspecified atom stereocenters. The third kappa shape index (κ3) is 4.67. The van der Waals surface area contributed by atoms with Crippen LogP contribution in [0.5, 0.6) is 0 Å². The highest BCUT2D eigenvalue weighted by Crippen LogP contribution is 2.33. The summed E-state index contributed by atoms with van der Waals surface area (Å²) < 4.78 is 31.8. The summed E-state index contributed by atoms with van der Waals surface area (Å²) in [6.07, 6.45) is 0.532. The number of nitrogens with two attached hydrogens (primary N) is 1. The van der Waals surface area contributed by atoms with Crippen molar-refractivity contribution in [3.8, 4) is 0 Å². The van der Waals surface area contributed by atoms with E-state index in [9.17, 15) is 13.2 Å². The maximum Gasteiger partial charge on any atom is 0.305 e. The lowest BCUT2D eigenvalue weighted by Gasteiger charge is -2.19. The van der Waals surface area contributed by atoms with Gasteiger partial charge in [0.1, 0.15) is 4.90 Å². The van der Waals surface area contributed by atoms with Gasteiger partial charge in [-0.2, -0.15) is 0 Å². The van der Waals surface area contributed by atoms with Gasteiger partial charge in [-0.25, -0.2) is 12.7 Å². The lowest BCUT2D eigenvalue weighted by atomic mass is 10.3. The summed E-state index contributed by atoms with van der Waals surface area (Å²) >= 11 is 6.46. The molecule has 1 aromatic rings. The normalized spacial score (nSPS) is 11.7. The van der Waals surface area contributed by atoms with Crippen LogP contribution in [0.25, 0.3) is 0 Å². The molecular formula is C12H16Br2N2O4S. The molecule has 0 amide bonds. The topological polar surface area (TPSA) is 89.7 Å². The first-order chi connectivity index (χ1) is 9.70. The van der Waals surface area contributed by atoms with Crippen LogP contribution in [0.15, 0.2) is 26.0 Å². The third-order valence-electron chi connectivity index (χ3n) is 2.79. The molecule has 0 aliphatic heterocycles. The van der Waals surface area contributed by atoms with Crippen molar-refractivity contribution in [2.45, 2.75) is 17.7 Å². The van der Waals surface area contributed by atoms with E-state index in [2.05, 4.69) is 36.6 Å². The molecule has 0 spiro atoms. The van der Waals surface area contributed by atoms with E-state index in [-0.39, 0.29) is 29.5 Å². The molecule has 2 N–H and O–H groups in total. The van der Waals surface area contributed by atoms with Crippen molar-refractivity contribution in [1.82, 2.24) is 4.31 Å². The number of hydrogen-bond acceptors (Lipinski definition) is 5. The molecule has 118 valence electrons. The molecule has 9 heteroatoms. The fourth-order valence-electron chi connectivity index (χ4n) is 1.68. The second-order valence-corrected chi connectivity index (χ2v) is 8.06. The lowest BCUT2D eigenvalue weighted by molar-refractivity contribution is -0.140. The van der Waals surface area contributed by atoms with Gasteiger partial charge in [-0.05, 0) is 34.5 Å². The average Bonchev–Trinajstić information content (AvgIpc) is 2.36. The number of halogens is 2. The summed E-state index contributed by atoms with van der Waals surface area (Å²) in [6.45, 7) is 0.194. The number of benzene rings is 1. The summed E-state index contributed by atoms with van der Waals surface area (Å²) in [5, 5.41) is 0. The summed E-state index contributed by atoms with van der Waals surface area (Å²) in [7, 11) is -0.994. The molecule has 0 bridgehead atoms. The monoisotopic (exact) mass is 442 g/mol. The number of sulfonamides is 1. The molecular weight excluding hydrogens is 428 g/mol. The Morgan fingerprint density at radius 2 is 2.00 bits per heavy atom. The second-order valence-electron chi connectivity index (χ2n) is 4.31. The van der Waals surface area contributed by atoms with Gasteiger partial charge < -0.3 is 10.5 Å². The second kappa shape index (κ2) is 7.57. The Labute approximate surface area is 140 Å². The number of ether oxygens (including phenoxy) is 1. The first-order valence-corrected chi connectivity index (χ1v) is 9.00. The molecule has 6 nitrogen and oxygen atoms in total. The van der Waals surface area contributed by atoms with E-state index in [1.807, 2.05) is 0 Å². The summed E-state index contributed by atoms with van der Waals surface area (Å²) in [4.78, 5) is 11.1. The van der Waals surface area contributed by atoms with E-state index in [1.165, 1.54) is 24.5 Å². The van der Waals surface area contributed by atoms with E-state index < -0.39 is 10.0 Å². The van der Waals surface area contributed by atoms with E-state index in [0.717, 1.165) is 0 Å². The van der Waals surface area contributed by atoms with Crippen molar-refractivity contribution < 1.29 is 17.9 Å². The molecule has 0 aliphatic carbocycles. The summed E-state index contributed by atoms with van der Waals surface area (Å²) in [5.41, 5.74) is 5.95. The van der Waals surface area contributed by atoms with Crippen molar-refractivity contribution in [3.63, 3.8) is 0 Å². The van der Waals surface area contributed by atoms with Crippen LogP contribution in [0.1, 0.15) is 12.8 Å². The molecule has 0 fully saturated rings. The standard InChI is InChI=1S/C12H16Br2N2O4S/c1-16(5-3-4-11(17)20-2)21(18,19)12-9(14)6-8(13)7-10(12)15/h6-7H,3-5,15H2,1-2H3. The average molecular weight is 444 g/mol. The van der Waals surface area contributed by atoms with Gasteiger partial charge in [0, 0.05) is 29.0 Å². The summed E-state index contributed by atoms with van der Waals surface area (Å²) in [5.74, 6) is -0.370. The Kier molecular flexibility index (Phi) is 6.64. The highest BCUT2D eigenvalue weighted by atomic mass is 79.9. The van der Waals surface area contributed by atoms with E-state index in [4.69, 9.17) is 5.73 Å². The number of anilines is 1. The van der Waals surface area contributed by atoms with Gasteiger partial charge in [-0.15, -0.1) is 0 Å². The number of nitrogens with zero attached hydrogens (tertiary/aromatic N) is 1. The maximum atomic E-state index is 12.5. The Bertz CT molecular complexity index is 611. The number of rotatable bonds is 6. The molecule has 0 saturated heterocycles. The number of methoxy groups -OCH3 is 1. The van der Waals surface area contributed by atoms with Crippen LogP contribution >= 0.6 is 31.9 Å². The number of nitrogen functional groups attached to an aromatic ring is 1. The van der Waals surface area contributed by atoms with Gasteiger partial charge in [-0.3, -0.25) is 4.79 Å². The lowest BCUT2D eigenvalue weighted by Crippen LogP contribution is -2.29. The first kappa shape index (κ1) is 18.4. The molecule has 0 aliphatic rings. The minimum absolute atomic E-state index is 0.0197. The van der Waals surface area contributed by atoms with Crippen molar-refractivity contribution >= 4 is 53.5 Å². The van der Waals surface area contributed by atoms with Crippen molar-refractivity contribution in [2.24, 2.45) is 0 Å². The molecule has 0 saturated carbocycles. The molecule has 1 rings (SSSR count). The Balaban J connectivity index is 2.93. The highest BCUT2D eigenvalue weighted by molar-refractivity contribution is 9.11. The largest absolute Gasteiger partial charge is 0.469 e. The Morgan fingerprint density at radius 1 is 1.38 bits per heavy atom. The number of hydrogen-bond donors (Lipinski definition) is 1. The van der Waals surface area contributed by atoms with Crippen LogP contribution in [0.2, 0.25) is 0 Å². The minimum atomic E-state index is -3.73. The predicted molar refractivity (Wildman–Crippen MR) is 87.3 cm³/mol. The molecule has 21 heavy (non-hydrogen) atoms. The van der Waals surface area contributed by atoms with E-state index in [0.29, 0.717) is 15.4 Å². The predicted octanol–water partition coefficient (Wildman–Crippen LogP) is 2.37. The van der Waals surface area contributed by atoms with Crippen LogP contribution in [0.3, 0.4) is 0 Å². The van der Waals surface area contributed by atoms with Crippen molar-refractivity contribution in [2.75, 3.05) is 26.4 Å². The van der Waals surface area contributed by atoms with Crippen LogP contribution in [0, 0.1) is 0 Å². The van der Waals surface area contributed by atoms with Crippen LogP contribution in [0.4, 0.5) is 5.69 Å². The Morgan fingerprint density at radius 3 is 2.52 bits per heavy atom. The zero-order valence-corrected chi connectivity index (χ0v) is 15.6. The molecule has 1 aromatic carbocycles. The van der Waals surface area contributed by atoms with E-state index >= 15 is 0 Å². The van der Waals surface area contributed by atoms with E-state index in [1.54, 1.807) is 6.07 Å². The van der Waals surface area contributed by atoms with Gasteiger partial charge >= 0.3 is 5.97 Å². The number of esters is 1. The minimum Gasteiger partial charge on any atom is -0.469 e. The first-order valence-electron chi connectivity index (χ1n) is 5.97. The maximum absolute atomic E-state index is 12.5. The fourth-order valence-corrected chi connectivity index (χ4v) is 4.89. The third-order valence-corrected chi connectivity index (χ3v) is 6.11. The quantitative estimate of drug-likeness (QED) is 0.538. The SMILES string of the molecule is COC(=O)CCCN(C)S(=O)(=O)c1c(N)cc(Br)cc1Br. The highest BCUT2D eigenvalue weighted by Gasteiger charge is 2.26. The van der Waals surface area contributed by atoms with Crippen molar-refractivity contribution in [1.29, 1.82) is 0 Å². The fraction of sp³-hybridized carbons (Fsp3) is 0.417. The van der Waals surface area contributed by atoms with Gasteiger partial charge in [0.2, 0.25) is 10.0 Å². The number of carbonyl (C=O) groups is 1. The van der Waals surface area contributed by atoms with Crippen LogP contribution in [-0.4, -0.2) is 39.4 Å². The molecule has 0 heterocycles. The molecule has 0 radical (unpaired) electrons. The number of carbonyl (C=O) groups excluding carboxylic acids is 1. The van der Waals surface area contributed by atoms with Gasteiger partial charge in [0.25, 0.3) is 0 Å². The Hall–Kier alpha value is -0.640. The zero-order valence-electron chi connectivity index (χ0n) is 11.6. The zero-order chi connectivity index (χ0) is 16.2.